The second-order valence-electron chi connectivity index (χ2n) is 8.23. The normalized spacial score (nSPS) is 21.3. The van der Waals surface area contributed by atoms with Gasteiger partial charge in [0.2, 0.25) is 0 Å². The molecule has 1 aliphatic heterocycles. The van der Waals surface area contributed by atoms with Crippen molar-refractivity contribution in [3.8, 4) is 11.1 Å². The average molecular weight is 407 g/mol. The molecule has 2 unspecified atom stereocenters. The average Bonchev–Trinajstić information content (AvgIpc) is 2.86. The lowest BCUT2D eigenvalue weighted by Crippen LogP contribution is -2.44. The molecule has 0 aromatic heterocycles. The first-order valence-electron chi connectivity index (χ1n) is 9.38. The topological polar surface area (TPSA) is 49.8 Å². The van der Waals surface area contributed by atoms with Crippen LogP contribution < -0.4 is 0 Å². The van der Waals surface area contributed by atoms with E-state index in [-0.39, 0.29) is 12.0 Å². The summed E-state index contributed by atoms with van der Waals surface area (Å²) in [7, 11) is 0. The van der Waals surface area contributed by atoms with Crippen molar-refractivity contribution in [1.82, 2.24) is 4.90 Å². The fourth-order valence-corrected chi connectivity index (χ4v) is 3.44. The van der Waals surface area contributed by atoms with Gasteiger partial charge in [-0.15, -0.1) is 0 Å². The molecule has 4 nitrogen and oxygen atoms in total. The fourth-order valence-electron chi connectivity index (χ4n) is 3.44. The van der Waals surface area contributed by atoms with Gasteiger partial charge in [0.05, 0.1) is 12.6 Å². The Labute approximate surface area is 167 Å². The molecular formula is C22H24F3NO3. The quantitative estimate of drug-likeness (QED) is 0.806. The molecule has 1 saturated heterocycles. The summed E-state index contributed by atoms with van der Waals surface area (Å²) in [5, 5.41) is 10.2. The summed E-state index contributed by atoms with van der Waals surface area (Å²) in [5.41, 5.74) is 0.226. The zero-order valence-corrected chi connectivity index (χ0v) is 16.5. The third-order valence-corrected chi connectivity index (χ3v) is 4.80. The number of ether oxygens (including phenoxy) is 1. The van der Waals surface area contributed by atoms with Crippen molar-refractivity contribution in [3.05, 3.63) is 59.9 Å². The second kappa shape index (κ2) is 7.71. The van der Waals surface area contributed by atoms with Crippen LogP contribution in [0.3, 0.4) is 0 Å². The van der Waals surface area contributed by atoms with E-state index in [9.17, 15) is 18.7 Å². The molecule has 0 spiro atoms. The minimum absolute atomic E-state index is 0.140. The summed E-state index contributed by atoms with van der Waals surface area (Å²) in [6, 6.07) is 12.2. The van der Waals surface area contributed by atoms with Gasteiger partial charge in [-0.05, 0) is 38.3 Å². The van der Waals surface area contributed by atoms with Gasteiger partial charge in [-0.3, -0.25) is 4.90 Å². The molecule has 156 valence electrons. The Morgan fingerprint density at radius 3 is 2.45 bits per heavy atom. The standard InChI is InChI=1S/C22H24F3NO3/c1-21(2,3)29-20(28)26-13-22(24,25)19(27)17(26)12-15-10-7-11-16(18(15)23)14-8-5-4-6-9-14/h4-11,17,19,27H,12-13H2,1-3H3. The third kappa shape index (κ3) is 4.56. The number of likely N-dealkylation sites (tertiary alicyclic amines) is 1. The Morgan fingerprint density at radius 2 is 1.83 bits per heavy atom. The van der Waals surface area contributed by atoms with Crippen LogP contribution in [0.25, 0.3) is 11.1 Å². The summed E-state index contributed by atoms with van der Waals surface area (Å²) < 4.78 is 48.7. The van der Waals surface area contributed by atoms with Crippen molar-refractivity contribution in [1.29, 1.82) is 0 Å². The predicted octanol–water partition coefficient (Wildman–Crippen LogP) is 4.65. The number of nitrogens with zero attached hydrogens (tertiary/aromatic N) is 1. The Balaban J connectivity index is 1.91. The van der Waals surface area contributed by atoms with Gasteiger partial charge in [0.25, 0.3) is 5.92 Å². The molecule has 0 bridgehead atoms. The van der Waals surface area contributed by atoms with Gasteiger partial charge in [-0.2, -0.15) is 0 Å². The van der Waals surface area contributed by atoms with Crippen molar-refractivity contribution in [3.63, 3.8) is 0 Å². The number of carbonyl (C=O) groups excluding carboxylic acids is 1. The van der Waals surface area contributed by atoms with Crippen LogP contribution in [0.15, 0.2) is 48.5 Å². The van der Waals surface area contributed by atoms with Gasteiger partial charge >= 0.3 is 6.09 Å². The molecule has 29 heavy (non-hydrogen) atoms. The van der Waals surface area contributed by atoms with Gasteiger partial charge in [-0.1, -0.05) is 48.5 Å². The molecule has 1 N–H and O–H groups in total. The fraction of sp³-hybridized carbons (Fsp3) is 0.409. The molecule has 3 rings (SSSR count). The van der Waals surface area contributed by atoms with E-state index >= 15 is 4.39 Å². The highest BCUT2D eigenvalue weighted by Crippen LogP contribution is 2.36. The van der Waals surface area contributed by atoms with Crippen molar-refractivity contribution in [2.24, 2.45) is 0 Å². The number of hydrogen-bond donors (Lipinski definition) is 1. The van der Waals surface area contributed by atoms with E-state index < -0.39 is 42.1 Å². The lowest BCUT2D eigenvalue weighted by Gasteiger charge is -2.29. The number of rotatable bonds is 3. The van der Waals surface area contributed by atoms with Crippen LogP contribution in [-0.2, 0) is 11.2 Å². The molecular weight excluding hydrogens is 383 g/mol. The number of carbonyl (C=O) groups is 1. The summed E-state index contributed by atoms with van der Waals surface area (Å²) in [5.74, 6) is -4.07. The van der Waals surface area contributed by atoms with Crippen molar-refractivity contribution >= 4 is 6.09 Å². The lowest BCUT2D eigenvalue weighted by molar-refractivity contribution is -0.0807. The van der Waals surface area contributed by atoms with Crippen LogP contribution in [-0.4, -0.2) is 46.3 Å². The maximum Gasteiger partial charge on any atom is 0.410 e. The first-order valence-corrected chi connectivity index (χ1v) is 9.38. The third-order valence-electron chi connectivity index (χ3n) is 4.80. The Morgan fingerprint density at radius 1 is 1.17 bits per heavy atom. The van der Waals surface area contributed by atoms with Gasteiger partial charge in [0, 0.05) is 5.56 Å². The van der Waals surface area contributed by atoms with E-state index in [1.54, 1.807) is 63.2 Å². The zero-order valence-electron chi connectivity index (χ0n) is 16.5. The van der Waals surface area contributed by atoms with Crippen LogP contribution >= 0.6 is 0 Å². The maximum atomic E-state index is 15.1. The minimum Gasteiger partial charge on any atom is -0.444 e. The minimum atomic E-state index is -3.50. The van der Waals surface area contributed by atoms with E-state index in [1.165, 1.54) is 6.07 Å². The Hall–Kier alpha value is -2.54. The first-order chi connectivity index (χ1) is 13.5. The number of aliphatic hydroxyl groups is 1. The second-order valence-corrected chi connectivity index (χ2v) is 8.23. The highest BCUT2D eigenvalue weighted by molar-refractivity contribution is 5.70. The zero-order chi connectivity index (χ0) is 21.4. The summed E-state index contributed by atoms with van der Waals surface area (Å²) >= 11 is 0. The lowest BCUT2D eigenvalue weighted by atomic mass is 9.96. The molecule has 1 amide bonds. The van der Waals surface area contributed by atoms with Crippen LogP contribution in [0.4, 0.5) is 18.0 Å². The molecule has 0 saturated carbocycles. The van der Waals surface area contributed by atoms with E-state index in [0.717, 1.165) is 4.90 Å². The molecule has 0 aliphatic carbocycles. The number of benzene rings is 2. The number of hydrogen-bond acceptors (Lipinski definition) is 3. The predicted molar refractivity (Wildman–Crippen MR) is 103 cm³/mol. The van der Waals surface area contributed by atoms with Crippen LogP contribution in [0.5, 0.6) is 0 Å². The van der Waals surface area contributed by atoms with Crippen LogP contribution in [0, 0.1) is 5.82 Å². The molecule has 7 heteroatoms. The van der Waals surface area contributed by atoms with E-state index in [0.29, 0.717) is 11.1 Å². The highest BCUT2D eigenvalue weighted by atomic mass is 19.3. The van der Waals surface area contributed by atoms with E-state index in [4.69, 9.17) is 4.74 Å². The molecule has 2 aromatic rings. The van der Waals surface area contributed by atoms with E-state index in [2.05, 4.69) is 0 Å². The van der Waals surface area contributed by atoms with Crippen molar-refractivity contribution in [2.75, 3.05) is 6.54 Å². The Kier molecular flexibility index (Phi) is 5.63. The van der Waals surface area contributed by atoms with Gasteiger partial charge in [0.1, 0.15) is 17.5 Å². The summed E-state index contributed by atoms with van der Waals surface area (Å²) in [4.78, 5) is 13.2. The Bertz CT molecular complexity index is 881. The van der Waals surface area contributed by atoms with E-state index in [1.807, 2.05) is 0 Å². The van der Waals surface area contributed by atoms with Crippen LogP contribution in [0.2, 0.25) is 0 Å². The smallest absolute Gasteiger partial charge is 0.410 e. The van der Waals surface area contributed by atoms with Crippen molar-refractivity contribution < 1.29 is 27.8 Å². The van der Waals surface area contributed by atoms with Gasteiger partial charge < -0.3 is 9.84 Å². The molecule has 1 fully saturated rings. The highest BCUT2D eigenvalue weighted by Gasteiger charge is 2.56. The number of aliphatic hydroxyl groups excluding tert-OH is 1. The number of amides is 1. The van der Waals surface area contributed by atoms with Gasteiger partial charge in [-0.25, -0.2) is 18.0 Å². The van der Waals surface area contributed by atoms with Crippen LogP contribution in [0.1, 0.15) is 26.3 Å². The SMILES string of the molecule is CC(C)(C)OC(=O)N1CC(F)(F)C(O)C1Cc1cccc(-c2ccccc2)c1F. The first kappa shape index (κ1) is 21.2. The summed E-state index contributed by atoms with van der Waals surface area (Å²) in [6.45, 7) is 3.88. The molecule has 2 atom stereocenters. The molecule has 2 aromatic carbocycles. The van der Waals surface area contributed by atoms with Gasteiger partial charge in [0.15, 0.2) is 0 Å². The maximum absolute atomic E-state index is 15.1. The molecule has 1 aliphatic rings. The number of halogens is 3. The van der Waals surface area contributed by atoms with Crippen molar-refractivity contribution in [2.45, 2.75) is 50.9 Å². The molecule has 0 radical (unpaired) electrons. The number of alkyl halides is 2. The summed E-state index contributed by atoms with van der Waals surface area (Å²) in [6.07, 6.45) is -3.34. The monoisotopic (exact) mass is 407 g/mol. The molecule has 1 heterocycles. The largest absolute Gasteiger partial charge is 0.444 e.